The fourth-order valence-electron chi connectivity index (χ4n) is 4.31. The molecule has 0 saturated heterocycles. The van der Waals surface area contributed by atoms with Gasteiger partial charge < -0.3 is 9.84 Å². The molecule has 1 N–H and O–H groups in total. The average Bonchev–Trinajstić information content (AvgIpc) is 2.69. The summed E-state index contributed by atoms with van der Waals surface area (Å²) in [6.07, 6.45) is 16.7. The Hall–Kier alpha value is -2.29. The van der Waals surface area contributed by atoms with Crippen molar-refractivity contribution < 1.29 is 14.6 Å². The Morgan fingerprint density at radius 2 is 1.90 bits per heavy atom. The molecular weight excluding hydrogens is 384 g/mol. The van der Waals surface area contributed by atoms with Crippen LogP contribution in [0.3, 0.4) is 0 Å². The van der Waals surface area contributed by atoms with Gasteiger partial charge in [-0.05, 0) is 79.4 Å². The van der Waals surface area contributed by atoms with E-state index >= 15 is 0 Å². The number of ether oxygens (including phenoxy) is 1. The standard InChI is InChI=1S/C28H40O3/c1-6-7-8-9-10-17-31-26-19-23-15-12-16-28(4,5)25(23)20-24(26)22(3)14-11-13-21(2)18-27(29)30/h11,13-14,18-20H,6-10,12,15-17H2,1-5H3,(H,29,30)/b13-11+,21-18+,22-14+. The number of carboxylic acid groups (broad SMARTS) is 1. The van der Waals surface area contributed by atoms with Crippen LogP contribution in [0.1, 0.15) is 96.3 Å². The number of hydrogen-bond donors (Lipinski definition) is 1. The van der Waals surface area contributed by atoms with Gasteiger partial charge in [0.25, 0.3) is 0 Å². The lowest BCUT2D eigenvalue weighted by molar-refractivity contribution is -0.131. The summed E-state index contributed by atoms with van der Waals surface area (Å²) in [6, 6.07) is 4.61. The molecular formula is C28H40O3. The summed E-state index contributed by atoms with van der Waals surface area (Å²) in [5, 5.41) is 8.88. The summed E-state index contributed by atoms with van der Waals surface area (Å²) < 4.78 is 6.30. The number of carbonyl (C=O) groups is 1. The first-order chi connectivity index (χ1) is 14.7. The van der Waals surface area contributed by atoms with Gasteiger partial charge >= 0.3 is 5.97 Å². The Morgan fingerprint density at radius 1 is 1.16 bits per heavy atom. The minimum Gasteiger partial charge on any atom is -0.493 e. The average molecular weight is 425 g/mol. The van der Waals surface area contributed by atoms with Crippen LogP contribution in [-0.2, 0) is 16.6 Å². The van der Waals surface area contributed by atoms with Crippen LogP contribution in [0.25, 0.3) is 5.57 Å². The van der Waals surface area contributed by atoms with Crippen LogP contribution in [0, 0.1) is 0 Å². The molecule has 2 rings (SSSR count). The van der Waals surface area contributed by atoms with E-state index in [1.807, 2.05) is 18.2 Å². The molecule has 0 unspecified atom stereocenters. The minimum absolute atomic E-state index is 0.179. The van der Waals surface area contributed by atoms with Gasteiger partial charge in [-0.1, -0.05) is 64.7 Å². The molecule has 0 heterocycles. The Balaban J connectivity index is 2.28. The topological polar surface area (TPSA) is 46.5 Å². The Bertz CT molecular complexity index is 840. The summed E-state index contributed by atoms with van der Waals surface area (Å²) in [4.78, 5) is 10.8. The van der Waals surface area contributed by atoms with E-state index < -0.39 is 5.97 Å². The van der Waals surface area contributed by atoms with Crippen molar-refractivity contribution in [2.24, 2.45) is 0 Å². The van der Waals surface area contributed by atoms with Gasteiger partial charge in [0.15, 0.2) is 0 Å². The first-order valence-corrected chi connectivity index (χ1v) is 11.8. The van der Waals surface area contributed by atoms with Gasteiger partial charge in [-0.3, -0.25) is 0 Å². The van der Waals surface area contributed by atoms with Gasteiger partial charge in [-0.2, -0.15) is 0 Å². The largest absolute Gasteiger partial charge is 0.493 e. The second-order valence-electron chi connectivity index (χ2n) is 9.44. The van der Waals surface area contributed by atoms with E-state index in [4.69, 9.17) is 9.84 Å². The van der Waals surface area contributed by atoms with Crippen LogP contribution in [0.2, 0.25) is 0 Å². The van der Waals surface area contributed by atoms with Gasteiger partial charge in [0.1, 0.15) is 5.75 Å². The lowest BCUT2D eigenvalue weighted by atomic mass is 9.72. The summed E-state index contributed by atoms with van der Waals surface area (Å²) in [5.74, 6) is 0.0567. The molecule has 0 aromatic heterocycles. The maximum absolute atomic E-state index is 10.8. The minimum atomic E-state index is -0.922. The second-order valence-corrected chi connectivity index (χ2v) is 9.44. The normalized spacial score (nSPS) is 16.4. The number of rotatable bonds is 11. The molecule has 1 aliphatic carbocycles. The lowest BCUT2D eigenvalue weighted by Crippen LogP contribution is -2.24. The zero-order chi connectivity index (χ0) is 22.9. The van der Waals surface area contributed by atoms with Gasteiger partial charge in [0, 0.05) is 11.6 Å². The highest BCUT2D eigenvalue weighted by Crippen LogP contribution is 2.41. The maximum atomic E-state index is 10.8. The molecule has 1 aromatic rings. The second kappa shape index (κ2) is 11.9. The summed E-state index contributed by atoms with van der Waals surface area (Å²) in [5.41, 5.74) is 6.02. The molecule has 0 bridgehead atoms. The third-order valence-corrected chi connectivity index (χ3v) is 6.17. The van der Waals surface area contributed by atoms with Crippen LogP contribution in [0.4, 0.5) is 0 Å². The van der Waals surface area contributed by atoms with Crippen molar-refractivity contribution in [3.05, 3.63) is 58.7 Å². The maximum Gasteiger partial charge on any atom is 0.328 e. The molecule has 0 radical (unpaired) electrons. The number of aryl methyl sites for hydroxylation is 1. The SMILES string of the molecule is CCCCCCCOc1cc2c(cc1/C(C)=C/C=C/C(C)=C/C(=O)O)C(C)(C)CCC2. The van der Waals surface area contributed by atoms with Crippen LogP contribution in [0.5, 0.6) is 5.75 Å². The van der Waals surface area contributed by atoms with Gasteiger partial charge in [-0.15, -0.1) is 0 Å². The summed E-state index contributed by atoms with van der Waals surface area (Å²) in [7, 11) is 0. The first-order valence-electron chi connectivity index (χ1n) is 11.8. The predicted octanol–water partition coefficient (Wildman–Crippen LogP) is 7.64. The molecule has 1 aromatic carbocycles. The van der Waals surface area contributed by atoms with Crippen molar-refractivity contribution in [2.45, 2.75) is 91.4 Å². The first kappa shape index (κ1) is 25.0. The van der Waals surface area contributed by atoms with Crippen LogP contribution >= 0.6 is 0 Å². The Labute approximate surface area is 188 Å². The number of allylic oxidation sites excluding steroid dienone is 5. The molecule has 31 heavy (non-hydrogen) atoms. The van der Waals surface area contributed by atoms with E-state index in [0.29, 0.717) is 5.57 Å². The lowest BCUT2D eigenvalue weighted by Gasteiger charge is -2.33. The van der Waals surface area contributed by atoms with Gasteiger partial charge in [-0.25, -0.2) is 4.79 Å². The number of hydrogen-bond acceptors (Lipinski definition) is 2. The molecule has 170 valence electrons. The molecule has 0 aliphatic heterocycles. The number of unbranched alkanes of at least 4 members (excludes halogenated alkanes) is 4. The molecule has 0 spiro atoms. The van der Waals surface area contributed by atoms with Crippen molar-refractivity contribution in [1.29, 1.82) is 0 Å². The molecule has 1 aliphatic rings. The van der Waals surface area contributed by atoms with E-state index in [1.54, 1.807) is 6.92 Å². The fraction of sp³-hybridized carbons (Fsp3) is 0.536. The van der Waals surface area contributed by atoms with E-state index in [1.165, 1.54) is 55.7 Å². The monoisotopic (exact) mass is 424 g/mol. The molecule has 0 amide bonds. The van der Waals surface area contributed by atoms with Crippen molar-refractivity contribution in [3.63, 3.8) is 0 Å². The van der Waals surface area contributed by atoms with Crippen molar-refractivity contribution in [3.8, 4) is 5.75 Å². The van der Waals surface area contributed by atoms with Crippen LogP contribution < -0.4 is 4.74 Å². The number of fused-ring (bicyclic) bond motifs is 1. The zero-order valence-corrected chi connectivity index (χ0v) is 20.1. The molecule has 0 atom stereocenters. The van der Waals surface area contributed by atoms with Gasteiger partial charge in [0.05, 0.1) is 6.61 Å². The van der Waals surface area contributed by atoms with E-state index in [2.05, 4.69) is 39.8 Å². The fourth-order valence-corrected chi connectivity index (χ4v) is 4.31. The van der Waals surface area contributed by atoms with E-state index in [-0.39, 0.29) is 5.41 Å². The van der Waals surface area contributed by atoms with Crippen LogP contribution in [0.15, 0.2) is 42.0 Å². The Kier molecular flexibility index (Phi) is 9.61. The predicted molar refractivity (Wildman–Crippen MR) is 131 cm³/mol. The molecule has 3 nitrogen and oxygen atoms in total. The van der Waals surface area contributed by atoms with E-state index in [0.717, 1.165) is 36.3 Å². The third-order valence-electron chi connectivity index (χ3n) is 6.17. The van der Waals surface area contributed by atoms with Crippen molar-refractivity contribution >= 4 is 11.5 Å². The molecule has 0 saturated carbocycles. The smallest absolute Gasteiger partial charge is 0.328 e. The molecule has 0 fully saturated rings. The van der Waals surface area contributed by atoms with Crippen molar-refractivity contribution in [1.82, 2.24) is 0 Å². The van der Waals surface area contributed by atoms with Crippen molar-refractivity contribution in [2.75, 3.05) is 6.61 Å². The third kappa shape index (κ3) is 7.72. The molecule has 3 heteroatoms. The summed E-state index contributed by atoms with van der Waals surface area (Å²) in [6.45, 7) is 11.6. The van der Waals surface area contributed by atoms with E-state index in [9.17, 15) is 4.79 Å². The number of aliphatic carboxylic acids is 1. The number of benzene rings is 1. The quantitative estimate of drug-likeness (QED) is 0.225. The van der Waals surface area contributed by atoms with Gasteiger partial charge in [0.2, 0.25) is 0 Å². The Morgan fingerprint density at radius 3 is 2.61 bits per heavy atom. The zero-order valence-electron chi connectivity index (χ0n) is 20.1. The summed E-state index contributed by atoms with van der Waals surface area (Å²) >= 11 is 0. The van der Waals surface area contributed by atoms with Crippen LogP contribution in [-0.4, -0.2) is 17.7 Å². The number of carboxylic acids is 1. The highest BCUT2D eigenvalue weighted by atomic mass is 16.5. The highest BCUT2D eigenvalue weighted by Gasteiger charge is 2.28. The highest BCUT2D eigenvalue weighted by molar-refractivity contribution is 5.81.